The Kier molecular flexibility index (Phi) is 3.99. The van der Waals surface area contributed by atoms with Crippen molar-refractivity contribution in [3.05, 3.63) is 42.1 Å². The first-order valence-corrected chi connectivity index (χ1v) is 5.87. The number of nitrogens with two attached hydrogens (primary N) is 1. The van der Waals surface area contributed by atoms with E-state index in [0.29, 0.717) is 17.1 Å². The standard InChI is InChI=1S/C13H14N4O3/c1-17-6-5-12(16-17)15-13(19)9-3-2-4-10(7-9)20-8-11(14)18/h2-7H,8H2,1H3,(H2,14,18)(H,15,16,19). The van der Waals surface area contributed by atoms with Crippen molar-refractivity contribution < 1.29 is 14.3 Å². The van der Waals surface area contributed by atoms with Gasteiger partial charge in [-0.2, -0.15) is 5.10 Å². The van der Waals surface area contributed by atoms with Crippen molar-refractivity contribution in [2.75, 3.05) is 11.9 Å². The third-order valence-corrected chi connectivity index (χ3v) is 2.43. The highest BCUT2D eigenvalue weighted by Gasteiger charge is 2.09. The van der Waals surface area contributed by atoms with Crippen LogP contribution in [0.15, 0.2) is 36.5 Å². The number of aromatic nitrogens is 2. The Hall–Kier alpha value is -2.83. The van der Waals surface area contributed by atoms with Crippen LogP contribution in [-0.4, -0.2) is 28.2 Å². The van der Waals surface area contributed by atoms with Crippen LogP contribution in [0.25, 0.3) is 0 Å². The Morgan fingerprint density at radius 2 is 2.20 bits per heavy atom. The number of carbonyl (C=O) groups is 2. The lowest BCUT2D eigenvalue weighted by Crippen LogP contribution is -2.20. The molecule has 0 aliphatic heterocycles. The highest BCUT2D eigenvalue weighted by Crippen LogP contribution is 2.14. The number of hydrogen-bond acceptors (Lipinski definition) is 4. The predicted molar refractivity (Wildman–Crippen MR) is 72.3 cm³/mol. The number of nitrogens with zero attached hydrogens (tertiary/aromatic N) is 2. The topological polar surface area (TPSA) is 99.2 Å². The van der Waals surface area contributed by atoms with E-state index < -0.39 is 5.91 Å². The third-order valence-electron chi connectivity index (χ3n) is 2.43. The normalized spacial score (nSPS) is 10.1. The lowest BCUT2D eigenvalue weighted by Gasteiger charge is -2.06. The fourth-order valence-electron chi connectivity index (χ4n) is 1.55. The number of rotatable bonds is 5. The average Bonchev–Trinajstić information content (AvgIpc) is 2.82. The summed E-state index contributed by atoms with van der Waals surface area (Å²) in [6, 6.07) is 8.14. The van der Waals surface area contributed by atoms with Crippen LogP contribution < -0.4 is 15.8 Å². The molecule has 0 saturated carbocycles. The molecule has 104 valence electrons. The van der Waals surface area contributed by atoms with Gasteiger partial charge in [0.15, 0.2) is 12.4 Å². The lowest BCUT2D eigenvalue weighted by atomic mass is 10.2. The number of nitrogens with one attached hydrogen (secondary N) is 1. The second-order valence-electron chi connectivity index (χ2n) is 4.11. The van der Waals surface area contributed by atoms with E-state index in [-0.39, 0.29) is 12.5 Å². The molecule has 0 fully saturated rings. The molecule has 0 bridgehead atoms. The van der Waals surface area contributed by atoms with Crippen molar-refractivity contribution in [2.45, 2.75) is 0 Å². The van der Waals surface area contributed by atoms with Gasteiger partial charge in [0.25, 0.3) is 11.8 Å². The average molecular weight is 274 g/mol. The Morgan fingerprint density at radius 1 is 1.40 bits per heavy atom. The summed E-state index contributed by atoms with van der Waals surface area (Å²) in [4.78, 5) is 22.6. The predicted octanol–water partition coefficient (Wildman–Crippen LogP) is 0.536. The number of primary amides is 1. The molecule has 7 nitrogen and oxygen atoms in total. The number of aryl methyl sites for hydroxylation is 1. The summed E-state index contributed by atoms with van der Waals surface area (Å²) >= 11 is 0. The van der Waals surface area contributed by atoms with E-state index in [1.54, 1.807) is 42.2 Å². The first kappa shape index (κ1) is 13.6. The summed E-state index contributed by atoms with van der Waals surface area (Å²) in [5, 5.41) is 6.70. The summed E-state index contributed by atoms with van der Waals surface area (Å²) in [6.45, 7) is -0.231. The minimum Gasteiger partial charge on any atom is -0.484 e. The van der Waals surface area contributed by atoms with E-state index >= 15 is 0 Å². The van der Waals surface area contributed by atoms with E-state index in [4.69, 9.17) is 10.5 Å². The minimum atomic E-state index is -0.576. The molecule has 7 heteroatoms. The molecule has 0 radical (unpaired) electrons. The monoisotopic (exact) mass is 274 g/mol. The zero-order chi connectivity index (χ0) is 14.5. The van der Waals surface area contributed by atoms with Gasteiger partial charge in [0.05, 0.1) is 0 Å². The minimum absolute atomic E-state index is 0.231. The van der Waals surface area contributed by atoms with E-state index in [9.17, 15) is 9.59 Å². The highest BCUT2D eigenvalue weighted by molar-refractivity contribution is 6.03. The smallest absolute Gasteiger partial charge is 0.256 e. The van der Waals surface area contributed by atoms with Crippen LogP contribution in [0.4, 0.5) is 5.82 Å². The first-order chi connectivity index (χ1) is 9.54. The van der Waals surface area contributed by atoms with Crippen LogP contribution in [0.5, 0.6) is 5.75 Å². The van der Waals surface area contributed by atoms with Crippen molar-refractivity contribution >= 4 is 17.6 Å². The number of anilines is 1. The Balaban J connectivity index is 2.06. The van der Waals surface area contributed by atoms with Crippen molar-refractivity contribution in [1.82, 2.24) is 9.78 Å². The fraction of sp³-hybridized carbons (Fsp3) is 0.154. The van der Waals surface area contributed by atoms with E-state index in [1.165, 1.54) is 6.07 Å². The Bertz CT molecular complexity index is 636. The van der Waals surface area contributed by atoms with E-state index in [2.05, 4.69) is 10.4 Å². The lowest BCUT2D eigenvalue weighted by molar-refractivity contribution is -0.119. The summed E-state index contributed by atoms with van der Waals surface area (Å²) in [7, 11) is 1.76. The van der Waals surface area contributed by atoms with Crippen LogP contribution in [0.3, 0.4) is 0 Å². The van der Waals surface area contributed by atoms with Gasteiger partial charge in [0.2, 0.25) is 0 Å². The molecule has 0 spiro atoms. The summed E-state index contributed by atoms with van der Waals surface area (Å²) < 4.78 is 6.72. The fourth-order valence-corrected chi connectivity index (χ4v) is 1.55. The maximum absolute atomic E-state index is 12.0. The molecule has 1 aromatic carbocycles. The van der Waals surface area contributed by atoms with Gasteiger partial charge in [-0.3, -0.25) is 14.3 Å². The highest BCUT2D eigenvalue weighted by atomic mass is 16.5. The van der Waals surface area contributed by atoms with Gasteiger partial charge in [-0.25, -0.2) is 0 Å². The molecule has 1 aromatic heterocycles. The van der Waals surface area contributed by atoms with Gasteiger partial charge in [0.1, 0.15) is 5.75 Å². The van der Waals surface area contributed by atoms with Gasteiger partial charge < -0.3 is 15.8 Å². The maximum atomic E-state index is 12.0. The molecule has 2 amide bonds. The molecular formula is C13H14N4O3. The molecule has 0 atom stereocenters. The maximum Gasteiger partial charge on any atom is 0.256 e. The molecule has 20 heavy (non-hydrogen) atoms. The van der Waals surface area contributed by atoms with Gasteiger partial charge >= 0.3 is 0 Å². The number of hydrogen-bond donors (Lipinski definition) is 2. The van der Waals surface area contributed by atoms with Gasteiger partial charge in [-0.05, 0) is 18.2 Å². The second-order valence-corrected chi connectivity index (χ2v) is 4.11. The van der Waals surface area contributed by atoms with Gasteiger partial charge in [-0.15, -0.1) is 0 Å². The molecule has 2 rings (SSSR count). The van der Waals surface area contributed by atoms with Crippen LogP contribution in [0.1, 0.15) is 10.4 Å². The third kappa shape index (κ3) is 3.58. The van der Waals surface area contributed by atoms with Crippen LogP contribution in [-0.2, 0) is 11.8 Å². The number of ether oxygens (including phenoxy) is 1. The van der Waals surface area contributed by atoms with Crippen LogP contribution in [0.2, 0.25) is 0 Å². The molecule has 2 aromatic rings. The van der Waals surface area contributed by atoms with Gasteiger partial charge in [-0.1, -0.05) is 6.07 Å². The SMILES string of the molecule is Cn1ccc(NC(=O)c2cccc(OCC(N)=O)c2)n1. The van der Waals surface area contributed by atoms with Crippen molar-refractivity contribution in [3.8, 4) is 5.75 Å². The molecule has 1 heterocycles. The summed E-state index contributed by atoms with van der Waals surface area (Å²) in [6.07, 6.45) is 1.72. The Morgan fingerprint density at radius 3 is 2.85 bits per heavy atom. The van der Waals surface area contributed by atoms with Crippen molar-refractivity contribution in [1.29, 1.82) is 0 Å². The quantitative estimate of drug-likeness (QED) is 0.831. The molecule has 3 N–H and O–H groups in total. The molecule has 0 saturated heterocycles. The van der Waals surface area contributed by atoms with Crippen molar-refractivity contribution in [3.63, 3.8) is 0 Å². The van der Waals surface area contributed by atoms with Gasteiger partial charge in [0, 0.05) is 24.9 Å². The molecule has 0 aliphatic rings. The first-order valence-electron chi connectivity index (χ1n) is 5.87. The largest absolute Gasteiger partial charge is 0.484 e. The summed E-state index contributed by atoms with van der Waals surface area (Å²) in [5.41, 5.74) is 5.39. The van der Waals surface area contributed by atoms with Crippen LogP contribution >= 0.6 is 0 Å². The van der Waals surface area contributed by atoms with E-state index in [0.717, 1.165) is 0 Å². The summed E-state index contributed by atoms with van der Waals surface area (Å²) in [5.74, 6) is -0.0278. The number of benzene rings is 1. The van der Waals surface area contributed by atoms with E-state index in [1.807, 2.05) is 0 Å². The number of carbonyl (C=O) groups excluding carboxylic acids is 2. The second kappa shape index (κ2) is 5.87. The molecule has 0 aliphatic carbocycles. The Labute approximate surface area is 115 Å². The molecular weight excluding hydrogens is 260 g/mol. The van der Waals surface area contributed by atoms with Crippen molar-refractivity contribution in [2.24, 2.45) is 12.8 Å². The molecule has 0 unspecified atom stereocenters. The zero-order valence-electron chi connectivity index (χ0n) is 10.9. The van der Waals surface area contributed by atoms with Crippen LogP contribution in [0, 0.1) is 0 Å². The zero-order valence-corrected chi connectivity index (χ0v) is 10.9. The number of amides is 2.